The number of ether oxygens (including phenoxy) is 1. The van der Waals surface area contributed by atoms with Gasteiger partial charge in [-0.3, -0.25) is 4.79 Å². The maximum absolute atomic E-state index is 10.8. The van der Waals surface area contributed by atoms with Crippen LogP contribution in [0.1, 0.15) is 13.3 Å². The molecule has 55 valence electrons. The van der Waals surface area contributed by atoms with E-state index in [4.69, 9.17) is 6.42 Å². The van der Waals surface area contributed by atoms with Crippen molar-refractivity contribution < 1.29 is 9.53 Å². The van der Waals surface area contributed by atoms with Crippen molar-refractivity contribution in [2.24, 2.45) is 5.92 Å². The molecule has 0 aromatic carbocycles. The fourth-order valence-electron chi connectivity index (χ4n) is 0.373. The molecular weight excluding hydrogens is 128 g/mol. The highest BCUT2D eigenvalue weighted by Crippen LogP contribution is 2.01. The Kier molecular flexibility index (Phi) is 4.39. The number of terminal acetylenes is 1. The Morgan fingerprint density at radius 3 is 2.90 bits per heavy atom. The topological polar surface area (TPSA) is 26.3 Å². The minimum Gasteiger partial charge on any atom is -0.452 e. The van der Waals surface area contributed by atoms with Crippen LogP contribution < -0.4 is 0 Å². The summed E-state index contributed by atoms with van der Waals surface area (Å²) in [6.45, 7) is 5.38. The fourth-order valence-corrected chi connectivity index (χ4v) is 0.373. The molecule has 0 aliphatic rings. The summed E-state index contributed by atoms with van der Waals surface area (Å²) < 4.78 is 4.63. The van der Waals surface area contributed by atoms with E-state index in [9.17, 15) is 4.79 Å². The van der Waals surface area contributed by atoms with E-state index in [0.29, 0.717) is 6.42 Å². The van der Waals surface area contributed by atoms with Crippen molar-refractivity contribution in [3.8, 4) is 12.3 Å². The maximum atomic E-state index is 10.8. The number of hydrogen-bond acceptors (Lipinski definition) is 2. The first kappa shape index (κ1) is 9.03. The Morgan fingerprint density at radius 1 is 1.90 bits per heavy atom. The van der Waals surface area contributed by atoms with Crippen molar-refractivity contribution in [2.45, 2.75) is 13.3 Å². The Labute approximate surface area is 61.6 Å². The number of rotatable bonds is 3. The molecule has 0 saturated carbocycles. The van der Waals surface area contributed by atoms with Crippen molar-refractivity contribution in [2.75, 3.05) is 6.61 Å². The molecule has 0 amide bonds. The second kappa shape index (κ2) is 4.87. The third kappa shape index (κ3) is 3.13. The van der Waals surface area contributed by atoms with Gasteiger partial charge in [-0.2, -0.15) is 0 Å². The number of carbonyl (C=O) groups is 1. The zero-order valence-corrected chi connectivity index (χ0v) is 6.09. The monoisotopic (exact) mass is 139 g/mol. The van der Waals surface area contributed by atoms with E-state index < -0.39 is 0 Å². The molecule has 0 saturated heterocycles. The predicted molar refractivity (Wildman–Crippen MR) is 38.9 cm³/mol. The van der Waals surface area contributed by atoms with Crippen LogP contribution in [0.25, 0.3) is 0 Å². The third-order valence-electron chi connectivity index (χ3n) is 1.13. The van der Waals surface area contributed by atoms with E-state index in [-0.39, 0.29) is 18.5 Å². The highest BCUT2D eigenvalue weighted by molar-refractivity contribution is 5.72. The van der Waals surface area contributed by atoms with E-state index in [1.54, 1.807) is 6.92 Å². The lowest BCUT2D eigenvalue weighted by molar-refractivity contribution is -0.146. The van der Waals surface area contributed by atoms with Gasteiger partial charge in [0, 0.05) is 0 Å². The Morgan fingerprint density at radius 2 is 2.50 bits per heavy atom. The summed E-state index contributed by atoms with van der Waals surface area (Å²) in [7, 11) is 0. The van der Waals surface area contributed by atoms with Gasteiger partial charge in [-0.1, -0.05) is 19.8 Å². The lowest BCUT2D eigenvalue weighted by atomic mass is 10.1. The first-order valence-electron chi connectivity index (χ1n) is 3.11. The van der Waals surface area contributed by atoms with Crippen LogP contribution in [0.5, 0.6) is 0 Å². The summed E-state index contributed by atoms with van der Waals surface area (Å²) in [4.78, 5) is 10.8. The Bertz CT molecular complexity index is 144. The van der Waals surface area contributed by atoms with Crippen LogP contribution >= 0.6 is 0 Å². The number of carbonyl (C=O) groups excluding carboxylic acids is 1. The summed E-state index contributed by atoms with van der Waals surface area (Å²) in [5.74, 6) is 1.80. The third-order valence-corrected chi connectivity index (χ3v) is 1.13. The van der Waals surface area contributed by atoms with Gasteiger partial charge in [-0.25, -0.2) is 0 Å². The minimum absolute atomic E-state index is 0.0587. The SMILES string of the molecule is C#CCOC(=O)C(C)C[CH2]. The molecule has 1 radical (unpaired) electrons. The minimum atomic E-state index is -0.270. The molecule has 2 nitrogen and oxygen atoms in total. The highest BCUT2D eigenvalue weighted by atomic mass is 16.5. The molecule has 0 fully saturated rings. The van der Waals surface area contributed by atoms with Crippen LogP contribution in [0.2, 0.25) is 0 Å². The summed E-state index contributed by atoms with van der Waals surface area (Å²) in [5.41, 5.74) is 0. The van der Waals surface area contributed by atoms with Gasteiger partial charge < -0.3 is 4.74 Å². The van der Waals surface area contributed by atoms with Crippen molar-refractivity contribution >= 4 is 5.97 Å². The van der Waals surface area contributed by atoms with E-state index in [0.717, 1.165) is 0 Å². The molecule has 1 atom stereocenters. The first-order chi connectivity index (χ1) is 4.72. The molecule has 2 heteroatoms. The molecule has 0 N–H and O–H groups in total. The average Bonchev–Trinajstić information content (AvgIpc) is 1.98. The summed E-state index contributed by atoms with van der Waals surface area (Å²) in [6, 6.07) is 0. The average molecular weight is 139 g/mol. The molecule has 0 heterocycles. The van der Waals surface area contributed by atoms with Crippen LogP contribution in [0.15, 0.2) is 0 Å². The van der Waals surface area contributed by atoms with E-state index in [2.05, 4.69) is 17.6 Å². The van der Waals surface area contributed by atoms with E-state index in [1.807, 2.05) is 0 Å². The molecule has 0 aliphatic heterocycles. The maximum Gasteiger partial charge on any atom is 0.309 e. The van der Waals surface area contributed by atoms with Gasteiger partial charge in [-0.15, -0.1) is 6.42 Å². The standard InChI is InChI=1S/C8H11O2/c1-4-6-10-8(9)7(3)5-2/h1,7H,2,5-6H2,3H3. The number of hydrogen-bond donors (Lipinski definition) is 0. The highest BCUT2D eigenvalue weighted by Gasteiger charge is 2.10. The summed E-state index contributed by atoms with van der Waals surface area (Å²) >= 11 is 0. The lowest BCUT2D eigenvalue weighted by Crippen LogP contribution is -2.13. The van der Waals surface area contributed by atoms with Crippen molar-refractivity contribution in [3.05, 3.63) is 6.92 Å². The normalized spacial score (nSPS) is 11.7. The van der Waals surface area contributed by atoms with Crippen LogP contribution in [0.4, 0.5) is 0 Å². The Balaban J connectivity index is 3.54. The van der Waals surface area contributed by atoms with Crippen molar-refractivity contribution in [1.29, 1.82) is 0 Å². The molecular formula is C8H11O2. The second-order valence-corrected chi connectivity index (χ2v) is 2.00. The molecule has 1 unspecified atom stereocenters. The lowest BCUT2D eigenvalue weighted by Gasteiger charge is -2.05. The van der Waals surface area contributed by atoms with Gasteiger partial charge in [0.05, 0.1) is 5.92 Å². The van der Waals surface area contributed by atoms with Crippen molar-refractivity contribution in [3.63, 3.8) is 0 Å². The quantitative estimate of drug-likeness (QED) is 0.431. The zero-order chi connectivity index (χ0) is 7.98. The molecule has 0 rings (SSSR count). The Hall–Kier alpha value is -0.970. The summed E-state index contributed by atoms with van der Waals surface area (Å²) in [5, 5.41) is 0. The molecule has 0 bridgehead atoms. The smallest absolute Gasteiger partial charge is 0.309 e. The van der Waals surface area contributed by atoms with Crippen LogP contribution in [0.3, 0.4) is 0 Å². The van der Waals surface area contributed by atoms with Gasteiger partial charge in [0.1, 0.15) is 0 Å². The first-order valence-corrected chi connectivity index (χ1v) is 3.11. The molecule has 0 aromatic heterocycles. The van der Waals surface area contributed by atoms with Crippen LogP contribution in [-0.2, 0) is 9.53 Å². The van der Waals surface area contributed by atoms with Crippen molar-refractivity contribution in [1.82, 2.24) is 0 Å². The van der Waals surface area contributed by atoms with Gasteiger partial charge in [0.15, 0.2) is 6.61 Å². The predicted octanol–water partition coefficient (Wildman–Crippen LogP) is 1.02. The van der Waals surface area contributed by atoms with E-state index >= 15 is 0 Å². The molecule has 10 heavy (non-hydrogen) atoms. The largest absolute Gasteiger partial charge is 0.452 e. The van der Waals surface area contributed by atoms with Crippen LogP contribution in [0, 0.1) is 25.2 Å². The number of esters is 1. The van der Waals surface area contributed by atoms with Crippen LogP contribution in [-0.4, -0.2) is 12.6 Å². The zero-order valence-electron chi connectivity index (χ0n) is 6.09. The van der Waals surface area contributed by atoms with Gasteiger partial charge in [-0.05, 0) is 6.42 Å². The molecule has 0 aliphatic carbocycles. The van der Waals surface area contributed by atoms with E-state index in [1.165, 1.54) is 0 Å². The van der Waals surface area contributed by atoms with Gasteiger partial charge in [0.25, 0.3) is 0 Å². The molecule has 0 aromatic rings. The van der Waals surface area contributed by atoms with Gasteiger partial charge in [0.2, 0.25) is 0 Å². The second-order valence-electron chi connectivity index (χ2n) is 2.00. The molecule has 0 spiro atoms. The summed E-state index contributed by atoms with van der Waals surface area (Å²) in [6.07, 6.45) is 5.42. The fraction of sp³-hybridized carbons (Fsp3) is 0.500. The van der Waals surface area contributed by atoms with Gasteiger partial charge >= 0.3 is 5.97 Å².